The zero-order valence-electron chi connectivity index (χ0n) is 7.04. The summed E-state index contributed by atoms with van der Waals surface area (Å²) in [5.74, 6) is 0. The number of hydrogen-bond donors (Lipinski definition) is 1. The van der Waals surface area contributed by atoms with Gasteiger partial charge in [-0.15, -0.1) is 0 Å². The van der Waals surface area contributed by atoms with Crippen molar-refractivity contribution in [2.24, 2.45) is 0 Å². The lowest BCUT2D eigenvalue weighted by atomic mass is 10.9. The molecule has 0 atom stereocenters. The number of hydrogen-bond acceptors (Lipinski definition) is 2. The maximum Gasteiger partial charge on any atom is 0.435 e. The molecule has 1 N–H and O–H groups in total. The largest absolute Gasteiger partial charge is 0.435 e. The Morgan fingerprint density at radius 1 is 1.36 bits per heavy atom. The molecule has 6 heteroatoms. The second kappa shape index (κ2) is 6.75. The summed E-state index contributed by atoms with van der Waals surface area (Å²) in [6.07, 6.45) is 0. The fraction of sp³-hybridized carbons (Fsp3) is 1.00. The van der Waals surface area contributed by atoms with Crippen LogP contribution in [0.3, 0.4) is 0 Å². The highest BCUT2D eigenvalue weighted by atomic mass is 32.3. The van der Waals surface area contributed by atoms with Crippen LogP contribution in [0.25, 0.3) is 0 Å². The predicted molar refractivity (Wildman–Crippen MR) is 46.6 cm³/mol. The molecule has 0 bridgehead atoms. The van der Waals surface area contributed by atoms with Gasteiger partial charge in [0.05, 0.1) is 0 Å². The average molecular weight is 202 g/mol. The fourth-order valence-electron chi connectivity index (χ4n) is 0.289. The second-order valence-electron chi connectivity index (χ2n) is 2.33. The summed E-state index contributed by atoms with van der Waals surface area (Å²) in [6, 6.07) is 2.94. The summed E-state index contributed by atoms with van der Waals surface area (Å²) in [4.78, 5) is 0. The Hall–Kier alpha value is 0.0569. The highest BCUT2D eigenvalue weighted by Gasteiger charge is 1.91. The van der Waals surface area contributed by atoms with E-state index in [1.807, 2.05) is 0 Å². The highest BCUT2D eigenvalue weighted by molar-refractivity contribution is 7.80. The van der Waals surface area contributed by atoms with Gasteiger partial charge in [-0.2, -0.15) is 8.42 Å². The molecule has 0 saturated carbocycles. The van der Waals surface area contributed by atoms with Crippen LogP contribution in [0, 0.1) is 0 Å². The summed E-state index contributed by atoms with van der Waals surface area (Å²) < 4.78 is 34.1. The zero-order chi connectivity index (χ0) is 9.49. The van der Waals surface area contributed by atoms with E-state index in [0.717, 1.165) is 0 Å². The first-order valence-electron chi connectivity index (χ1n) is 3.48. The molecule has 0 aliphatic heterocycles. The SMILES string of the molecule is CC[SiH](C)CC.O=S(=O)(O)F. The van der Waals surface area contributed by atoms with Gasteiger partial charge in [-0.25, -0.2) is 0 Å². The van der Waals surface area contributed by atoms with E-state index in [1.165, 1.54) is 12.1 Å². The van der Waals surface area contributed by atoms with E-state index in [4.69, 9.17) is 13.0 Å². The molecule has 0 radical (unpaired) electrons. The Labute approximate surface area is 69.3 Å². The average Bonchev–Trinajstić information content (AvgIpc) is 1.83. The van der Waals surface area contributed by atoms with E-state index in [-0.39, 0.29) is 8.80 Å². The van der Waals surface area contributed by atoms with Crippen LogP contribution in [0.1, 0.15) is 13.8 Å². The summed E-state index contributed by atoms with van der Waals surface area (Å²) in [6.45, 7) is 7.00. The van der Waals surface area contributed by atoms with Crippen LogP contribution >= 0.6 is 0 Å². The Kier molecular flexibility index (Phi) is 8.36. The Bertz CT molecular complexity index is 157. The van der Waals surface area contributed by atoms with Gasteiger partial charge in [0.1, 0.15) is 0 Å². The summed E-state index contributed by atoms with van der Waals surface area (Å²) in [7, 11) is -5.33. The molecule has 0 aromatic heterocycles. The summed E-state index contributed by atoms with van der Waals surface area (Å²) >= 11 is 0. The van der Waals surface area contributed by atoms with Gasteiger partial charge in [-0.05, 0) is 0 Å². The highest BCUT2D eigenvalue weighted by Crippen LogP contribution is 1.93. The van der Waals surface area contributed by atoms with Crippen molar-refractivity contribution in [2.75, 3.05) is 0 Å². The van der Waals surface area contributed by atoms with Gasteiger partial charge in [0.2, 0.25) is 0 Å². The Balaban J connectivity index is 0. The topological polar surface area (TPSA) is 54.4 Å². The molecular weight excluding hydrogens is 187 g/mol. The van der Waals surface area contributed by atoms with Crippen molar-refractivity contribution in [2.45, 2.75) is 32.5 Å². The molecule has 0 unspecified atom stereocenters. The van der Waals surface area contributed by atoms with Crippen molar-refractivity contribution in [3.8, 4) is 0 Å². The lowest BCUT2D eigenvalue weighted by Crippen LogP contribution is -1.99. The monoisotopic (exact) mass is 202 g/mol. The molecule has 0 aromatic carbocycles. The van der Waals surface area contributed by atoms with Crippen LogP contribution in [0.15, 0.2) is 0 Å². The van der Waals surface area contributed by atoms with Crippen LogP contribution in [0.2, 0.25) is 18.6 Å². The third kappa shape index (κ3) is 39.7. The molecular formula is C5H15FO3SSi. The molecule has 0 aromatic rings. The molecule has 0 aliphatic carbocycles. The molecule has 3 nitrogen and oxygen atoms in total. The fourth-order valence-corrected chi connectivity index (χ4v) is 0.866. The van der Waals surface area contributed by atoms with Gasteiger partial charge in [0.25, 0.3) is 0 Å². The Morgan fingerprint density at radius 3 is 1.55 bits per heavy atom. The van der Waals surface area contributed by atoms with Gasteiger partial charge >= 0.3 is 10.5 Å². The lowest BCUT2D eigenvalue weighted by Gasteiger charge is -1.96. The molecule has 0 fully saturated rings. The maximum absolute atomic E-state index is 10.2. The zero-order valence-corrected chi connectivity index (χ0v) is 9.01. The first-order valence-corrected chi connectivity index (χ1v) is 7.61. The molecule has 70 valence electrons. The van der Waals surface area contributed by atoms with Crippen molar-refractivity contribution in [3.63, 3.8) is 0 Å². The minimum absolute atomic E-state index is 0.160. The first kappa shape index (κ1) is 13.6. The van der Waals surface area contributed by atoms with Crippen LogP contribution in [0.4, 0.5) is 3.89 Å². The molecule has 0 saturated heterocycles. The van der Waals surface area contributed by atoms with E-state index >= 15 is 0 Å². The van der Waals surface area contributed by atoms with Gasteiger partial charge < -0.3 is 0 Å². The molecule has 0 aliphatic rings. The minimum Gasteiger partial charge on any atom is -0.260 e. The first-order chi connectivity index (χ1) is 4.81. The number of halogens is 1. The van der Waals surface area contributed by atoms with E-state index in [2.05, 4.69) is 20.4 Å². The van der Waals surface area contributed by atoms with Gasteiger partial charge in [-0.1, -0.05) is 36.4 Å². The Morgan fingerprint density at radius 2 is 1.55 bits per heavy atom. The van der Waals surface area contributed by atoms with E-state index < -0.39 is 10.5 Å². The second-order valence-corrected chi connectivity index (χ2v) is 7.00. The number of rotatable bonds is 2. The van der Waals surface area contributed by atoms with E-state index in [1.54, 1.807) is 0 Å². The van der Waals surface area contributed by atoms with Crippen molar-refractivity contribution in [3.05, 3.63) is 0 Å². The third-order valence-corrected chi connectivity index (χ3v) is 4.18. The van der Waals surface area contributed by atoms with Crippen LogP contribution in [-0.4, -0.2) is 21.8 Å². The van der Waals surface area contributed by atoms with Gasteiger partial charge in [0.15, 0.2) is 0 Å². The lowest BCUT2D eigenvalue weighted by molar-refractivity contribution is 0.435. The molecule has 0 heterocycles. The smallest absolute Gasteiger partial charge is 0.260 e. The molecule has 0 rings (SSSR count). The maximum atomic E-state index is 10.2. The quantitative estimate of drug-likeness (QED) is 0.421. The van der Waals surface area contributed by atoms with Crippen molar-refractivity contribution < 1.29 is 16.9 Å². The molecule has 0 spiro atoms. The summed E-state index contributed by atoms with van der Waals surface area (Å²) in [5, 5.41) is 0. The molecule has 0 amide bonds. The van der Waals surface area contributed by atoms with Crippen LogP contribution < -0.4 is 0 Å². The van der Waals surface area contributed by atoms with Gasteiger partial charge in [0, 0.05) is 8.80 Å². The molecule has 11 heavy (non-hydrogen) atoms. The van der Waals surface area contributed by atoms with Crippen molar-refractivity contribution >= 4 is 19.3 Å². The third-order valence-electron chi connectivity index (χ3n) is 1.39. The predicted octanol–water partition coefficient (Wildman–Crippen LogP) is 1.64. The van der Waals surface area contributed by atoms with E-state index in [0.29, 0.717) is 0 Å². The van der Waals surface area contributed by atoms with Crippen LogP contribution in [0.5, 0.6) is 0 Å². The van der Waals surface area contributed by atoms with E-state index in [9.17, 15) is 3.89 Å². The summed E-state index contributed by atoms with van der Waals surface area (Å²) in [5.41, 5.74) is 0. The van der Waals surface area contributed by atoms with Crippen molar-refractivity contribution in [1.82, 2.24) is 0 Å². The standard InChI is InChI=1S/C5H14Si.FHO3S/c1-4-6(3)5-2;1-5(2,3)4/h6H,4-5H2,1-3H3;(H,2,3,4). The normalized spacial score (nSPS) is 10.7. The van der Waals surface area contributed by atoms with Crippen molar-refractivity contribution in [1.29, 1.82) is 0 Å². The van der Waals surface area contributed by atoms with Crippen LogP contribution in [-0.2, 0) is 10.5 Å². The minimum atomic E-state index is -5.17. The van der Waals surface area contributed by atoms with Gasteiger partial charge in [-0.3, -0.25) is 4.55 Å².